The van der Waals surface area contributed by atoms with Crippen molar-refractivity contribution in [3.63, 3.8) is 0 Å². The van der Waals surface area contributed by atoms with Gasteiger partial charge in [0.2, 0.25) is 5.75 Å². The minimum atomic E-state index is -4.21. The number of nitrogens with one attached hydrogen (secondary N) is 1. The second-order valence-electron chi connectivity index (χ2n) is 9.50. The van der Waals surface area contributed by atoms with Crippen LogP contribution in [0.25, 0.3) is 11.6 Å². The molecule has 0 spiro atoms. The van der Waals surface area contributed by atoms with Crippen LogP contribution in [0.3, 0.4) is 0 Å². The van der Waals surface area contributed by atoms with Crippen molar-refractivity contribution in [1.82, 2.24) is 19.5 Å². The molecule has 0 fully saturated rings. The van der Waals surface area contributed by atoms with E-state index in [0.717, 1.165) is 10.1 Å². The SMILES string of the molecule is COc1ccccc1Oc1c(NS(=O)(=O)c2ccc(C(C)(C)C)cc2)nc(-c2ncccn2)n(CCO)c1=O. The Hall–Kier alpha value is -4.29. The number of sulfonamides is 1. The van der Waals surface area contributed by atoms with E-state index in [1.807, 2.05) is 20.8 Å². The average Bonchev–Trinajstić information content (AvgIpc) is 2.92. The van der Waals surface area contributed by atoms with Crippen LogP contribution in [-0.4, -0.2) is 46.8 Å². The van der Waals surface area contributed by atoms with Crippen LogP contribution in [0, 0.1) is 0 Å². The molecular weight excluding hydrogens is 522 g/mol. The first-order chi connectivity index (χ1) is 18.5. The Kier molecular flexibility index (Phi) is 7.98. The van der Waals surface area contributed by atoms with Gasteiger partial charge in [-0.3, -0.25) is 14.1 Å². The molecule has 0 atom stereocenters. The number of benzene rings is 2. The van der Waals surface area contributed by atoms with Gasteiger partial charge in [-0.15, -0.1) is 0 Å². The number of aromatic nitrogens is 4. The highest BCUT2D eigenvalue weighted by molar-refractivity contribution is 7.92. The summed E-state index contributed by atoms with van der Waals surface area (Å²) in [5.74, 6) is -0.310. The molecule has 204 valence electrons. The fourth-order valence-corrected chi connectivity index (χ4v) is 4.73. The first-order valence-electron chi connectivity index (χ1n) is 12.0. The predicted molar refractivity (Wildman–Crippen MR) is 146 cm³/mol. The third kappa shape index (κ3) is 6.07. The van der Waals surface area contributed by atoms with E-state index in [-0.39, 0.29) is 40.1 Å². The maximum atomic E-state index is 13.7. The zero-order valence-corrected chi connectivity index (χ0v) is 22.8. The van der Waals surface area contributed by atoms with Crippen molar-refractivity contribution in [1.29, 1.82) is 0 Å². The van der Waals surface area contributed by atoms with Gasteiger partial charge in [0.1, 0.15) is 0 Å². The first kappa shape index (κ1) is 27.7. The molecule has 39 heavy (non-hydrogen) atoms. The largest absolute Gasteiger partial charge is 0.493 e. The molecule has 0 aliphatic rings. The van der Waals surface area contributed by atoms with E-state index in [2.05, 4.69) is 19.7 Å². The molecule has 11 nitrogen and oxygen atoms in total. The molecular formula is C27H29N5O6S. The third-order valence-corrected chi connectivity index (χ3v) is 7.11. The second-order valence-corrected chi connectivity index (χ2v) is 11.2. The van der Waals surface area contributed by atoms with Crippen molar-refractivity contribution < 1.29 is 23.0 Å². The molecule has 0 saturated carbocycles. The Balaban J connectivity index is 1.89. The zero-order chi connectivity index (χ0) is 28.2. The number of hydrogen-bond donors (Lipinski definition) is 2. The molecule has 4 rings (SSSR count). The van der Waals surface area contributed by atoms with Crippen LogP contribution in [0.1, 0.15) is 26.3 Å². The molecule has 0 aliphatic heterocycles. The van der Waals surface area contributed by atoms with Gasteiger partial charge in [-0.2, -0.15) is 0 Å². The number of ether oxygens (including phenoxy) is 2. The fraction of sp³-hybridized carbons (Fsp3) is 0.259. The van der Waals surface area contributed by atoms with Gasteiger partial charge < -0.3 is 14.6 Å². The number of para-hydroxylation sites is 2. The average molecular weight is 552 g/mol. The maximum absolute atomic E-state index is 13.7. The van der Waals surface area contributed by atoms with E-state index < -0.39 is 27.9 Å². The Morgan fingerprint density at radius 2 is 1.62 bits per heavy atom. The fourth-order valence-electron chi connectivity index (χ4n) is 3.72. The van der Waals surface area contributed by atoms with E-state index in [1.165, 1.54) is 31.6 Å². The van der Waals surface area contributed by atoms with Crippen LogP contribution in [0.2, 0.25) is 0 Å². The lowest BCUT2D eigenvalue weighted by Gasteiger charge is -2.20. The molecule has 2 aromatic heterocycles. The highest BCUT2D eigenvalue weighted by atomic mass is 32.2. The van der Waals surface area contributed by atoms with Crippen LogP contribution in [-0.2, 0) is 22.0 Å². The quantitative estimate of drug-likeness (QED) is 0.319. The summed E-state index contributed by atoms with van der Waals surface area (Å²) in [7, 11) is -2.77. The maximum Gasteiger partial charge on any atom is 0.299 e. The smallest absolute Gasteiger partial charge is 0.299 e. The number of hydrogen-bond acceptors (Lipinski definition) is 9. The minimum absolute atomic E-state index is 0.0300. The van der Waals surface area contributed by atoms with Gasteiger partial charge >= 0.3 is 0 Å². The summed E-state index contributed by atoms with van der Waals surface area (Å²) in [4.78, 5) is 26.4. The van der Waals surface area contributed by atoms with E-state index in [9.17, 15) is 18.3 Å². The van der Waals surface area contributed by atoms with Gasteiger partial charge in [-0.25, -0.2) is 23.4 Å². The summed E-state index contributed by atoms with van der Waals surface area (Å²) >= 11 is 0. The summed E-state index contributed by atoms with van der Waals surface area (Å²) < 4.78 is 41.7. The summed E-state index contributed by atoms with van der Waals surface area (Å²) in [5, 5.41) is 9.66. The van der Waals surface area contributed by atoms with Crippen LogP contribution < -0.4 is 19.8 Å². The molecule has 0 amide bonds. The summed E-state index contributed by atoms with van der Waals surface area (Å²) in [6.07, 6.45) is 2.91. The topological polar surface area (TPSA) is 146 Å². The van der Waals surface area contributed by atoms with E-state index in [4.69, 9.17) is 9.47 Å². The molecule has 12 heteroatoms. The highest BCUT2D eigenvalue weighted by Crippen LogP contribution is 2.34. The van der Waals surface area contributed by atoms with Gasteiger partial charge in [-0.05, 0) is 41.3 Å². The van der Waals surface area contributed by atoms with Crippen molar-refractivity contribution in [3.8, 4) is 28.9 Å². The van der Waals surface area contributed by atoms with E-state index in [0.29, 0.717) is 5.75 Å². The van der Waals surface area contributed by atoms with Crippen molar-refractivity contribution in [2.24, 2.45) is 0 Å². The number of anilines is 1. The number of nitrogens with zero attached hydrogens (tertiary/aromatic N) is 4. The minimum Gasteiger partial charge on any atom is -0.493 e. The van der Waals surface area contributed by atoms with E-state index in [1.54, 1.807) is 42.5 Å². The molecule has 4 aromatic rings. The van der Waals surface area contributed by atoms with Crippen LogP contribution in [0.4, 0.5) is 5.82 Å². The van der Waals surface area contributed by atoms with Gasteiger partial charge in [0.15, 0.2) is 29.0 Å². The summed E-state index contributed by atoms with van der Waals surface area (Å²) in [6, 6.07) is 14.6. The van der Waals surface area contributed by atoms with Gasteiger partial charge in [0.25, 0.3) is 15.6 Å². The lowest BCUT2D eigenvalue weighted by atomic mass is 9.87. The Bertz CT molecular complexity index is 1620. The predicted octanol–water partition coefficient (Wildman–Crippen LogP) is 3.59. The van der Waals surface area contributed by atoms with Crippen molar-refractivity contribution in [2.75, 3.05) is 18.4 Å². The van der Waals surface area contributed by atoms with Crippen molar-refractivity contribution in [3.05, 3.63) is 82.9 Å². The zero-order valence-electron chi connectivity index (χ0n) is 22.0. The van der Waals surface area contributed by atoms with Gasteiger partial charge in [0, 0.05) is 12.4 Å². The van der Waals surface area contributed by atoms with Crippen molar-refractivity contribution >= 4 is 15.8 Å². The summed E-state index contributed by atoms with van der Waals surface area (Å²) in [6.45, 7) is 5.50. The van der Waals surface area contributed by atoms with Gasteiger partial charge in [-0.1, -0.05) is 45.0 Å². The van der Waals surface area contributed by atoms with Crippen LogP contribution >= 0.6 is 0 Å². The molecule has 0 bridgehead atoms. The number of methoxy groups -OCH3 is 1. The van der Waals surface area contributed by atoms with Crippen LogP contribution in [0.15, 0.2) is 76.7 Å². The molecule has 0 aliphatic carbocycles. The van der Waals surface area contributed by atoms with E-state index >= 15 is 0 Å². The molecule has 2 N–H and O–H groups in total. The number of rotatable bonds is 9. The third-order valence-electron chi connectivity index (χ3n) is 5.76. The second kappa shape index (κ2) is 11.2. The van der Waals surface area contributed by atoms with Crippen molar-refractivity contribution in [2.45, 2.75) is 37.6 Å². The normalized spacial score (nSPS) is 11.7. The van der Waals surface area contributed by atoms with Gasteiger partial charge in [0.05, 0.1) is 25.2 Å². The molecule has 0 radical (unpaired) electrons. The Morgan fingerprint density at radius 1 is 0.974 bits per heavy atom. The Morgan fingerprint density at radius 3 is 2.21 bits per heavy atom. The Labute approximate surface area is 226 Å². The number of aliphatic hydroxyl groups excluding tert-OH is 1. The molecule has 0 saturated heterocycles. The molecule has 2 heterocycles. The number of aliphatic hydroxyl groups is 1. The lowest BCUT2D eigenvalue weighted by molar-refractivity contribution is 0.273. The van der Waals surface area contributed by atoms with Crippen LogP contribution in [0.5, 0.6) is 17.2 Å². The molecule has 0 unspecified atom stereocenters. The monoisotopic (exact) mass is 551 g/mol. The molecule has 2 aromatic carbocycles. The first-order valence-corrected chi connectivity index (χ1v) is 13.5. The lowest BCUT2D eigenvalue weighted by Crippen LogP contribution is -2.28. The highest BCUT2D eigenvalue weighted by Gasteiger charge is 2.26. The summed E-state index contributed by atoms with van der Waals surface area (Å²) in [5.41, 5.74) is 0.0255. The standard InChI is InChI=1S/C27H29N5O6S/c1-27(2,3)18-10-12-19(13-11-18)39(35,36)31-23-22(38-21-9-6-5-8-20(21)37-4)26(34)32(16-17-33)25(30-23)24-28-14-7-15-29-24/h5-15,31,33H,16-17H2,1-4H3.